The van der Waals surface area contributed by atoms with Crippen molar-refractivity contribution in [3.8, 4) is 0 Å². The van der Waals surface area contributed by atoms with E-state index < -0.39 is 61.9 Å². The standard InChI is InChI=1S/C41H67N5O7S/c1-7-23-42-36(49)34(47)31(24-27-15-14-16-27)43-35(48)33-29-19-22-40(5,6)30(29)25-46(33)37(50)32(28-17-10-8-11-18-28)44-38(51)45-41(20-12-9-13-21-41)26-54(52,53)39(2,3)4/h7,27-33H,1,8-26H2,2-6H3,(H,42,49)(H,43,48)(H2,44,45,51)/t29-,30-,31?,32-,33-/m0/s1. The molecule has 1 unspecified atom stereocenters. The first-order valence-electron chi connectivity index (χ1n) is 20.7. The number of nitrogens with one attached hydrogen (secondary N) is 4. The van der Waals surface area contributed by atoms with Crippen LogP contribution in [0.3, 0.4) is 0 Å². The van der Waals surface area contributed by atoms with Gasteiger partial charge in [-0.25, -0.2) is 13.2 Å². The van der Waals surface area contributed by atoms with E-state index in [9.17, 15) is 27.6 Å². The molecule has 0 radical (unpaired) electrons. The molecule has 0 spiro atoms. The molecule has 0 bridgehead atoms. The molecule has 5 atom stereocenters. The SMILES string of the molecule is C=CCNC(=O)C(=O)C(CC1CCC1)NC(=O)[C@@H]1[C@H]2CCC(C)(C)[C@H]2CN1C(=O)[C@@H](NC(=O)NC1(CS(=O)(=O)C(C)(C)C)CCCCC1)C1CCCCC1. The monoisotopic (exact) mass is 773 g/mol. The fourth-order valence-electron chi connectivity index (χ4n) is 9.91. The molecule has 304 valence electrons. The maximum atomic E-state index is 15.0. The highest BCUT2D eigenvalue weighted by molar-refractivity contribution is 7.92. The van der Waals surface area contributed by atoms with Crippen molar-refractivity contribution in [1.82, 2.24) is 26.2 Å². The maximum absolute atomic E-state index is 15.0. The van der Waals surface area contributed by atoms with Crippen molar-refractivity contribution in [3.05, 3.63) is 12.7 Å². The molecule has 5 fully saturated rings. The zero-order chi connectivity index (χ0) is 39.5. The largest absolute Gasteiger partial charge is 0.346 e. The molecule has 1 saturated heterocycles. The molecule has 1 heterocycles. The van der Waals surface area contributed by atoms with Gasteiger partial charge in [-0.2, -0.15) is 0 Å². The van der Waals surface area contributed by atoms with Crippen LogP contribution in [0.25, 0.3) is 0 Å². The van der Waals surface area contributed by atoms with Crippen molar-refractivity contribution in [2.75, 3.05) is 18.8 Å². The fourth-order valence-corrected chi connectivity index (χ4v) is 11.4. The molecule has 1 aliphatic heterocycles. The quantitative estimate of drug-likeness (QED) is 0.143. The van der Waals surface area contributed by atoms with E-state index >= 15 is 4.79 Å². The highest BCUT2D eigenvalue weighted by Gasteiger charge is 2.57. The Morgan fingerprint density at radius 2 is 1.52 bits per heavy atom. The van der Waals surface area contributed by atoms with Gasteiger partial charge < -0.3 is 26.2 Å². The van der Waals surface area contributed by atoms with E-state index in [0.29, 0.717) is 25.8 Å². The van der Waals surface area contributed by atoms with Crippen LogP contribution < -0.4 is 21.3 Å². The van der Waals surface area contributed by atoms with Crippen molar-refractivity contribution in [3.63, 3.8) is 0 Å². The molecule has 4 N–H and O–H groups in total. The van der Waals surface area contributed by atoms with Gasteiger partial charge in [0.25, 0.3) is 5.91 Å². The van der Waals surface area contributed by atoms with E-state index in [2.05, 4.69) is 41.7 Å². The predicted octanol–water partition coefficient (Wildman–Crippen LogP) is 4.96. The summed E-state index contributed by atoms with van der Waals surface area (Å²) in [5, 5.41) is 11.7. The van der Waals surface area contributed by atoms with Crippen molar-refractivity contribution < 1.29 is 32.4 Å². The molecule has 4 saturated carbocycles. The van der Waals surface area contributed by atoms with Gasteiger partial charge in [-0.3, -0.25) is 19.2 Å². The molecule has 13 heteroatoms. The lowest BCUT2D eigenvalue weighted by molar-refractivity contribution is -0.144. The number of sulfone groups is 1. The summed E-state index contributed by atoms with van der Waals surface area (Å²) >= 11 is 0. The van der Waals surface area contributed by atoms with Crippen LogP contribution in [0.5, 0.6) is 0 Å². The summed E-state index contributed by atoms with van der Waals surface area (Å²) in [6.45, 7) is 13.5. The van der Waals surface area contributed by atoms with Crippen molar-refractivity contribution in [2.45, 2.75) is 166 Å². The predicted molar refractivity (Wildman–Crippen MR) is 209 cm³/mol. The Morgan fingerprint density at radius 1 is 0.870 bits per heavy atom. The fraction of sp³-hybridized carbons (Fsp3) is 0.829. The highest BCUT2D eigenvalue weighted by Crippen LogP contribution is 2.53. The van der Waals surface area contributed by atoms with Crippen molar-refractivity contribution in [2.24, 2.45) is 29.1 Å². The van der Waals surface area contributed by atoms with Crippen LogP contribution in [0.15, 0.2) is 12.7 Å². The van der Waals surface area contributed by atoms with Gasteiger partial charge in [0, 0.05) is 13.1 Å². The summed E-state index contributed by atoms with van der Waals surface area (Å²) in [6.07, 6.45) is 14.4. The molecule has 54 heavy (non-hydrogen) atoms. The zero-order valence-corrected chi connectivity index (χ0v) is 34.3. The number of fused-ring (bicyclic) bond motifs is 1. The minimum Gasteiger partial charge on any atom is -0.346 e. The lowest BCUT2D eigenvalue weighted by Crippen LogP contribution is -2.63. The van der Waals surface area contributed by atoms with Gasteiger partial charge in [0.15, 0.2) is 9.84 Å². The first-order valence-corrected chi connectivity index (χ1v) is 22.4. The molecule has 4 aliphatic carbocycles. The van der Waals surface area contributed by atoms with Gasteiger partial charge in [0.05, 0.1) is 22.1 Å². The van der Waals surface area contributed by atoms with Crippen molar-refractivity contribution >= 4 is 39.4 Å². The average molecular weight is 774 g/mol. The lowest BCUT2D eigenvalue weighted by Gasteiger charge is -2.41. The number of hydrogen-bond donors (Lipinski definition) is 4. The molecule has 5 aliphatic rings. The van der Waals surface area contributed by atoms with Crippen LogP contribution in [0.1, 0.15) is 137 Å². The summed E-state index contributed by atoms with van der Waals surface area (Å²) in [5.41, 5.74) is -1.06. The Balaban J connectivity index is 1.41. The second-order valence-electron chi connectivity index (χ2n) is 18.9. The third-order valence-corrected chi connectivity index (χ3v) is 16.4. The number of hydrogen-bond acceptors (Lipinski definition) is 7. The van der Waals surface area contributed by atoms with E-state index in [-0.39, 0.29) is 47.3 Å². The normalized spacial score (nSPS) is 26.8. The van der Waals surface area contributed by atoms with Gasteiger partial charge >= 0.3 is 6.03 Å². The molecule has 5 amide bonds. The molecule has 0 aromatic heterocycles. The number of carbonyl (C=O) groups excluding carboxylic acids is 5. The number of urea groups is 1. The Morgan fingerprint density at radius 3 is 2.11 bits per heavy atom. The second-order valence-corrected chi connectivity index (χ2v) is 21.6. The van der Waals surface area contributed by atoms with Crippen LogP contribution in [0.4, 0.5) is 4.79 Å². The summed E-state index contributed by atoms with van der Waals surface area (Å²) in [4.78, 5) is 71.6. The van der Waals surface area contributed by atoms with Gasteiger partial charge in [0.1, 0.15) is 12.1 Å². The smallest absolute Gasteiger partial charge is 0.315 e. The molecular formula is C41H67N5O7S. The number of ketones is 1. The number of nitrogens with zero attached hydrogens (tertiary/aromatic N) is 1. The molecule has 0 aromatic rings. The van der Waals surface area contributed by atoms with Crippen molar-refractivity contribution in [1.29, 1.82) is 0 Å². The Bertz CT molecular complexity index is 1520. The first kappa shape index (κ1) is 42.2. The second kappa shape index (κ2) is 17.0. The van der Waals surface area contributed by atoms with Crippen LogP contribution in [-0.4, -0.2) is 90.1 Å². The topological polar surface area (TPSA) is 171 Å². The molecule has 5 rings (SSSR count). The third kappa shape index (κ3) is 9.52. The Kier molecular flexibility index (Phi) is 13.3. The van der Waals surface area contributed by atoms with E-state index in [1.165, 1.54) is 6.08 Å². The summed E-state index contributed by atoms with van der Waals surface area (Å²) in [6, 6.07) is -3.32. The summed E-state index contributed by atoms with van der Waals surface area (Å²) < 4.78 is 26.0. The van der Waals surface area contributed by atoms with Crippen LogP contribution in [-0.2, 0) is 29.0 Å². The summed E-state index contributed by atoms with van der Waals surface area (Å²) in [7, 11) is -3.56. The molecular weight excluding hydrogens is 707 g/mol. The molecule has 12 nitrogen and oxygen atoms in total. The van der Waals surface area contributed by atoms with E-state index in [1.54, 1.807) is 25.7 Å². The van der Waals surface area contributed by atoms with E-state index in [4.69, 9.17) is 0 Å². The lowest BCUT2D eigenvalue weighted by atomic mass is 9.79. The van der Waals surface area contributed by atoms with Crippen LogP contribution in [0.2, 0.25) is 0 Å². The number of rotatable bonds is 14. The Labute approximate surface area is 323 Å². The minimum absolute atomic E-state index is 0.0443. The number of carbonyl (C=O) groups is 5. The number of Topliss-reactive ketones (excluding diaryl/α,β-unsaturated/α-hetero) is 1. The van der Waals surface area contributed by atoms with Crippen LogP contribution in [0, 0.1) is 29.1 Å². The van der Waals surface area contributed by atoms with E-state index in [1.807, 2.05) is 0 Å². The maximum Gasteiger partial charge on any atom is 0.315 e. The Hall–Kier alpha value is -2.96. The van der Waals surface area contributed by atoms with Gasteiger partial charge in [-0.1, -0.05) is 77.7 Å². The third-order valence-electron chi connectivity index (χ3n) is 13.6. The van der Waals surface area contributed by atoms with Gasteiger partial charge in [-0.05, 0) is 94.8 Å². The van der Waals surface area contributed by atoms with Gasteiger partial charge in [0.2, 0.25) is 17.6 Å². The number of amides is 5. The average Bonchev–Trinajstić information content (AvgIpc) is 3.63. The molecule has 0 aromatic carbocycles. The highest BCUT2D eigenvalue weighted by atomic mass is 32.2. The summed E-state index contributed by atoms with van der Waals surface area (Å²) in [5.74, 6) is -2.37. The van der Waals surface area contributed by atoms with E-state index in [0.717, 1.165) is 83.5 Å². The number of likely N-dealkylation sites (tertiary alicyclic amines) is 1. The van der Waals surface area contributed by atoms with Crippen LogP contribution >= 0.6 is 0 Å². The zero-order valence-electron chi connectivity index (χ0n) is 33.5. The first-order chi connectivity index (χ1) is 25.4. The minimum atomic E-state index is -3.56. The van der Waals surface area contributed by atoms with Gasteiger partial charge in [-0.15, -0.1) is 6.58 Å².